The summed E-state index contributed by atoms with van der Waals surface area (Å²) in [7, 11) is 0. The molecule has 0 saturated heterocycles. The van der Waals surface area contributed by atoms with Gasteiger partial charge in [0.1, 0.15) is 0 Å². The molecule has 0 heterocycles. The first kappa shape index (κ1) is 9.63. The third-order valence-electron chi connectivity index (χ3n) is 1.10. The summed E-state index contributed by atoms with van der Waals surface area (Å²) in [5.74, 6) is 0. The van der Waals surface area contributed by atoms with Crippen molar-refractivity contribution in [2.45, 2.75) is 6.92 Å². The molecule has 0 saturated carbocycles. The van der Waals surface area contributed by atoms with Crippen LogP contribution in [0.1, 0.15) is 6.92 Å². The van der Waals surface area contributed by atoms with Gasteiger partial charge < -0.3 is 0 Å². The molecule has 0 unspecified atom stereocenters. The fourth-order valence-electron chi connectivity index (χ4n) is 0.521. The predicted octanol–water partition coefficient (Wildman–Crippen LogP) is 2.89. The van der Waals surface area contributed by atoms with Gasteiger partial charge in [0.2, 0.25) is 0 Å². The Morgan fingerprint density at radius 3 is 2.18 bits per heavy atom. The number of hydrogen-bond acceptors (Lipinski definition) is 1. The molecule has 0 aromatic carbocycles. The van der Waals surface area contributed by atoms with Gasteiger partial charge in [-0.05, 0) is 25.2 Å². The fraction of sp³-hybridized carbons (Fsp3) is 0.100. The molecule has 0 spiro atoms. The van der Waals surface area contributed by atoms with E-state index in [1.54, 1.807) is 24.3 Å². The number of rotatable bonds is 4. The van der Waals surface area contributed by atoms with Crippen LogP contribution in [-0.4, -0.2) is 5.71 Å². The van der Waals surface area contributed by atoms with E-state index in [-0.39, 0.29) is 0 Å². The molecule has 0 atom stereocenters. The average molecular weight is 147 g/mol. The molecule has 0 fully saturated rings. The van der Waals surface area contributed by atoms with E-state index in [0.717, 1.165) is 11.4 Å². The molecular formula is C10H13N. The van der Waals surface area contributed by atoms with Crippen molar-refractivity contribution in [3.63, 3.8) is 0 Å². The van der Waals surface area contributed by atoms with Gasteiger partial charge in [0.05, 0.1) is 5.70 Å². The highest BCUT2D eigenvalue weighted by molar-refractivity contribution is 5.93. The standard InChI is InChI=1S/C10H13N/c1-5-8-10(7-3)11-9(4)6-2/h5-8H,1-3H2,4H3/b10-8-,11-9-. The molecule has 1 nitrogen and oxygen atoms in total. The summed E-state index contributed by atoms with van der Waals surface area (Å²) in [5, 5.41) is 0. The Labute approximate surface area is 68.2 Å². The monoisotopic (exact) mass is 147 g/mol. The van der Waals surface area contributed by atoms with E-state index in [2.05, 4.69) is 24.7 Å². The van der Waals surface area contributed by atoms with Crippen LogP contribution in [0, 0.1) is 0 Å². The molecule has 0 aromatic rings. The van der Waals surface area contributed by atoms with Gasteiger partial charge in [-0.25, -0.2) is 0 Å². The number of nitrogens with zero attached hydrogens (tertiary/aromatic N) is 1. The van der Waals surface area contributed by atoms with Crippen molar-refractivity contribution in [2.24, 2.45) is 4.99 Å². The van der Waals surface area contributed by atoms with Crippen molar-refractivity contribution in [3.05, 3.63) is 49.7 Å². The fourth-order valence-corrected chi connectivity index (χ4v) is 0.521. The zero-order valence-corrected chi connectivity index (χ0v) is 6.88. The van der Waals surface area contributed by atoms with Crippen molar-refractivity contribution >= 4 is 5.71 Å². The molecule has 0 aliphatic carbocycles. The third-order valence-corrected chi connectivity index (χ3v) is 1.10. The van der Waals surface area contributed by atoms with Gasteiger partial charge in [-0.15, -0.1) is 0 Å². The zero-order chi connectivity index (χ0) is 8.69. The molecule has 0 aliphatic rings. The van der Waals surface area contributed by atoms with Crippen LogP contribution in [0.25, 0.3) is 0 Å². The maximum atomic E-state index is 4.17. The molecule has 0 aliphatic heterocycles. The Morgan fingerprint density at radius 1 is 1.18 bits per heavy atom. The summed E-state index contributed by atoms with van der Waals surface area (Å²) in [6, 6.07) is 0. The highest BCUT2D eigenvalue weighted by atomic mass is 14.7. The second-order valence-corrected chi connectivity index (χ2v) is 1.99. The predicted molar refractivity (Wildman–Crippen MR) is 51.8 cm³/mol. The number of allylic oxidation sites excluding steroid dienone is 4. The molecule has 0 rings (SSSR count). The molecule has 0 aromatic heterocycles. The lowest BCUT2D eigenvalue weighted by Gasteiger charge is -1.92. The van der Waals surface area contributed by atoms with Crippen LogP contribution in [0.5, 0.6) is 0 Å². The minimum absolute atomic E-state index is 0.803. The minimum atomic E-state index is 0.803. The van der Waals surface area contributed by atoms with E-state index in [1.807, 2.05) is 6.92 Å². The lowest BCUT2D eigenvalue weighted by Crippen LogP contribution is -1.83. The highest BCUT2D eigenvalue weighted by Gasteiger charge is 1.84. The van der Waals surface area contributed by atoms with E-state index < -0.39 is 0 Å². The van der Waals surface area contributed by atoms with Crippen molar-refractivity contribution in [3.8, 4) is 0 Å². The molecule has 0 bridgehead atoms. The highest BCUT2D eigenvalue weighted by Crippen LogP contribution is 1.98. The van der Waals surface area contributed by atoms with Gasteiger partial charge >= 0.3 is 0 Å². The van der Waals surface area contributed by atoms with Crippen LogP contribution in [0.4, 0.5) is 0 Å². The Hall–Kier alpha value is -1.37. The van der Waals surface area contributed by atoms with Gasteiger partial charge in [0, 0.05) is 5.71 Å². The molecular weight excluding hydrogens is 134 g/mol. The lowest BCUT2D eigenvalue weighted by atomic mass is 10.3. The third kappa shape index (κ3) is 4.09. The second kappa shape index (κ2) is 5.42. The molecule has 0 radical (unpaired) electrons. The van der Waals surface area contributed by atoms with Crippen LogP contribution in [-0.2, 0) is 0 Å². The zero-order valence-electron chi connectivity index (χ0n) is 6.88. The van der Waals surface area contributed by atoms with Gasteiger partial charge in [-0.2, -0.15) is 0 Å². The summed E-state index contributed by atoms with van der Waals surface area (Å²) in [6.45, 7) is 12.6. The van der Waals surface area contributed by atoms with Crippen LogP contribution < -0.4 is 0 Å². The van der Waals surface area contributed by atoms with E-state index in [9.17, 15) is 0 Å². The summed E-state index contributed by atoms with van der Waals surface area (Å²) < 4.78 is 0. The van der Waals surface area contributed by atoms with Crippen molar-refractivity contribution in [2.75, 3.05) is 0 Å². The van der Waals surface area contributed by atoms with Crippen LogP contribution in [0.2, 0.25) is 0 Å². The van der Waals surface area contributed by atoms with Crippen molar-refractivity contribution < 1.29 is 0 Å². The molecule has 58 valence electrons. The maximum absolute atomic E-state index is 4.17. The van der Waals surface area contributed by atoms with E-state index >= 15 is 0 Å². The first-order valence-corrected chi connectivity index (χ1v) is 3.37. The summed E-state index contributed by atoms with van der Waals surface area (Å²) >= 11 is 0. The van der Waals surface area contributed by atoms with Crippen molar-refractivity contribution in [1.82, 2.24) is 0 Å². The van der Waals surface area contributed by atoms with Crippen LogP contribution >= 0.6 is 0 Å². The summed E-state index contributed by atoms with van der Waals surface area (Å²) in [5.41, 5.74) is 1.68. The van der Waals surface area contributed by atoms with Gasteiger partial charge in [0.15, 0.2) is 0 Å². The number of hydrogen-bond donors (Lipinski definition) is 0. The maximum Gasteiger partial charge on any atom is 0.0626 e. The Bertz CT molecular complexity index is 219. The van der Waals surface area contributed by atoms with E-state index in [1.165, 1.54) is 0 Å². The Balaban J connectivity index is 4.53. The van der Waals surface area contributed by atoms with Crippen molar-refractivity contribution in [1.29, 1.82) is 0 Å². The summed E-state index contributed by atoms with van der Waals surface area (Å²) in [6.07, 6.45) is 6.84. The van der Waals surface area contributed by atoms with Gasteiger partial charge in [-0.1, -0.05) is 25.8 Å². The quantitative estimate of drug-likeness (QED) is 0.428. The van der Waals surface area contributed by atoms with E-state index in [0.29, 0.717) is 0 Å². The SMILES string of the molecule is C=C/C=C(C=C)\N=C(\C)C=C. The molecule has 0 N–H and O–H groups in total. The number of aliphatic imine (C=N–C) groups is 1. The largest absolute Gasteiger partial charge is 0.254 e. The van der Waals surface area contributed by atoms with Gasteiger partial charge in [0.25, 0.3) is 0 Å². The van der Waals surface area contributed by atoms with E-state index in [4.69, 9.17) is 0 Å². The second-order valence-electron chi connectivity index (χ2n) is 1.99. The first-order chi connectivity index (χ1) is 5.24. The van der Waals surface area contributed by atoms with Gasteiger partial charge in [-0.3, -0.25) is 4.99 Å². The average Bonchev–Trinajstić information content (AvgIpc) is 2.03. The topological polar surface area (TPSA) is 12.4 Å². The van der Waals surface area contributed by atoms with Crippen LogP contribution in [0.15, 0.2) is 54.7 Å². The molecule has 0 amide bonds. The molecule has 11 heavy (non-hydrogen) atoms. The minimum Gasteiger partial charge on any atom is -0.254 e. The smallest absolute Gasteiger partial charge is 0.0626 e. The Morgan fingerprint density at radius 2 is 1.82 bits per heavy atom. The van der Waals surface area contributed by atoms with Crippen LogP contribution in [0.3, 0.4) is 0 Å². The summed E-state index contributed by atoms with van der Waals surface area (Å²) in [4.78, 5) is 4.17. The Kier molecular flexibility index (Phi) is 4.74. The normalized spacial score (nSPS) is 12.5. The first-order valence-electron chi connectivity index (χ1n) is 3.37. The molecule has 1 heteroatoms. The lowest BCUT2D eigenvalue weighted by molar-refractivity contribution is 1.40.